The molecular weight excluding hydrogens is 324 g/mol. The molecule has 0 aliphatic carbocycles. The van der Waals surface area contributed by atoms with E-state index in [1.54, 1.807) is 36.8 Å². The third kappa shape index (κ3) is 4.08. The van der Waals surface area contributed by atoms with E-state index in [4.69, 9.17) is 11.6 Å². The molecule has 6 heteroatoms. The Morgan fingerprint density at radius 3 is 2.75 bits per heavy atom. The number of amides is 1. The third-order valence-electron chi connectivity index (χ3n) is 3.32. The molecule has 0 aliphatic rings. The first-order valence-corrected chi connectivity index (χ1v) is 7.75. The van der Waals surface area contributed by atoms with Crippen LogP contribution in [0, 0.1) is 0 Å². The van der Waals surface area contributed by atoms with Gasteiger partial charge in [-0.2, -0.15) is 0 Å². The maximum atomic E-state index is 12.2. The maximum Gasteiger partial charge on any atom is 0.270 e. The topological polar surface area (TPSA) is 66.9 Å². The number of halogens is 1. The van der Waals surface area contributed by atoms with Crippen molar-refractivity contribution in [2.75, 3.05) is 5.32 Å². The Morgan fingerprint density at radius 2 is 1.96 bits per heavy atom. The molecule has 1 aromatic carbocycles. The Balaban J connectivity index is 1.68. The first-order valence-electron chi connectivity index (χ1n) is 7.37. The van der Waals surface area contributed by atoms with E-state index < -0.39 is 0 Å². The van der Waals surface area contributed by atoms with Gasteiger partial charge in [-0.05, 0) is 35.9 Å². The van der Waals surface area contributed by atoms with Crippen LogP contribution < -0.4 is 10.6 Å². The molecule has 0 spiro atoms. The van der Waals surface area contributed by atoms with Crippen LogP contribution in [-0.4, -0.2) is 15.9 Å². The fourth-order valence-electron chi connectivity index (χ4n) is 2.13. The fraction of sp³-hybridized carbons (Fsp3) is 0.0556. The van der Waals surface area contributed by atoms with E-state index in [1.807, 2.05) is 30.3 Å². The summed E-state index contributed by atoms with van der Waals surface area (Å²) in [5, 5.41) is 6.61. The molecule has 0 bridgehead atoms. The standard InChI is InChI=1S/C18H15ClN4O/c19-15-5-1-2-6-16(15)23-14-7-9-21-17(10-14)18(24)22-12-13-4-3-8-20-11-13/h1-11H,12H2,(H,21,23)(H,22,24). The molecule has 2 N–H and O–H groups in total. The molecule has 0 saturated carbocycles. The molecule has 3 aromatic rings. The van der Waals surface area contributed by atoms with Gasteiger partial charge in [0.2, 0.25) is 0 Å². The number of benzene rings is 1. The van der Waals surface area contributed by atoms with Crippen molar-refractivity contribution in [2.45, 2.75) is 6.54 Å². The van der Waals surface area contributed by atoms with Crippen molar-refractivity contribution in [3.8, 4) is 0 Å². The largest absolute Gasteiger partial charge is 0.354 e. The van der Waals surface area contributed by atoms with Gasteiger partial charge in [-0.15, -0.1) is 0 Å². The number of rotatable bonds is 5. The molecule has 0 atom stereocenters. The zero-order valence-corrected chi connectivity index (χ0v) is 13.5. The molecule has 0 aliphatic heterocycles. The number of aromatic nitrogens is 2. The molecular formula is C18H15ClN4O. The van der Waals surface area contributed by atoms with Crippen molar-refractivity contribution in [2.24, 2.45) is 0 Å². The zero-order valence-electron chi connectivity index (χ0n) is 12.7. The molecule has 2 aromatic heterocycles. The third-order valence-corrected chi connectivity index (χ3v) is 3.65. The van der Waals surface area contributed by atoms with Crippen molar-refractivity contribution < 1.29 is 4.79 Å². The summed E-state index contributed by atoms with van der Waals surface area (Å²) in [4.78, 5) is 20.4. The minimum atomic E-state index is -0.248. The lowest BCUT2D eigenvalue weighted by Crippen LogP contribution is -2.23. The van der Waals surface area contributed by atoms with Crippen molar-refractivity contribution >= 4 is 28.9 Å². The smallest absolute Gasteiger partial charge is 0.270 e. The number of hydrogen-bond donors (Lipinski definition) is 2. The molecule has 0 unspecified atom stereocenters. The highest BCUT2D eigenvalue weighted by Gasteiger charge is 2.08. The van der Waals surface area contributed by atoms with Crippen molar-refractivity contribution in [1.29, 1.82) is 0 Å². The van der Waals surface area contributed by atoms with E-state index in [9.17, 15) is 4.79 Å². The zero-order chi connectivity index (χ0) is 16.8. The van der Waals surface area contributed by atoms with Gasteiger partial charge in [0.25, 0.3) is 5.91 Å². The van der Waals surface area contributed by atoms with Gasteiger partial charge in [0, 0.05) is 30.8 Å². The lowest BCUT2D eigenvalue weighted by atomic mass is 10.2. The van der Waals surface area contributed by atoms with E-state index >= 15 is 0 Å². The minimum absolute atomic E-state index is 0.248. The van der Waals surface area contributed by atoms with E-state index in [0.29, 0.717) is 17.3 Å². The summed E-state index contributed by atoms with van der Waals surface area (Å²) in [6, 6.07) is 14.6. The van der Waals surface area contributed by atoms with Crippen molar-refractivity contribution in [3.63, 3.8) is 0 Å². The van der Waals surface area contributed by atoms with Gasteiger partial charge < -0.3 is 10.6 Å². The van der Waals surface area contributed by atoms with Crippen LogP contribution in [0.15, 0.2) is 67.1 Å². The van der Waals surface area contributed by atoms with Crippen LogP contribution in [0.25, 0.3) is 0 Å². The molecule has 2 heterocycles. The van der Waals surface area contributed by atoms with Gasteiger partial charge >= 0.3 is 0 Å². The van der Waals surface area contributed by atoms with Gasteiger partial charge in [0.1, 0.15) is 5.69 Å². The number of anilines is 2. The van der Waals surface area contributed by atoms with E-state index in [2.05, 4.69) is 20.6 Å². The first-order chi connectivity index (χ1) is 11.7. The van der Waals surface area contributed by atoms with Crippen molar-refractivity contribution in [1.82, 2.24) is 15.3 Å². The summed E-state index contributed by atoms with van der Waals surface area (Å²) in [5.74, 6) is -0.248. The monoisotopic (exact) mass is 338 g/mol. The quantitative estimate of drug-likeness (QED) is 0.742. The highest BCUT2D eigenvalue weighted by atomic mass is 35.5. The summed E-state index contributed by atoms with van der Waals surface area (Å²) >= 11 is 6.13. The average Bonchev–Trinajstić information content (AvgIpc) is 2.63. The highest BCUT2D eigenvalue weighted by Crippen LogP contribution is 2.24. The fourth-order valence-corrected chi connectivity index (χ4v) is 2.31. The lowest BCUT2D eigenvalue weighted by molar-refractivity contribution is 0.0946. The maximum absolute atomic E-state index is 12.2. The van der Waals surface area contributed by atoms with E-state index in [-0.39, 0.29) is 5.91 Å². The van der Waals surface area contributed by atoms with E-state index in [1.165, 1.54) is 0 Å². The first kappa shape index (κ1) is 16.0. The summed E-state index contributed by atoms with van der Waals surface area (Å²) in [7, 11) is 0. The van der Waals surface area contributed by atoms with Gasteiger partial charge in [-0.3, -0.25) is 14.8 Å². The van der Waals surface area contributed by atoms with Crippen LogP contribution in [-0.2, 0) is 6.54 Å². The Labute approximate surface area is 144 Å². The molecule has 1 amide bonds. The Kier molecular flexibility index (Phi) is 5.03. The molecule has 0 saturated heterocycles. The molecule has 120 valence electrons. The van der Waals surface area contributed by atoms with Crippen LogP contribution in [0.1, 0.15) is 16.1 Å². The summed E-state index contributed by atoms with van der Waals surface area (Å²) in [5.41, 5.74) is 2.77. The summed E-state index contributed by atoms with van der Waals surface area (Å²) in [6.45, 7) is 0.399. The second kappa shape index (κ2) is 7.57. The second-order valence-electron chi connectivity index (χ2n) is 5.08. The number of hydrogen-bond acceptors (Lipinski definition) is 4. The number of pyridine rings is 2. The molecule has 24 heavy (non-hydrogen) atoms. The van der Waals surface area contributed by atoms with Gasteiger partial charge in [-0.1, -0.05) is 29.8 Å². The van der Waals surface area contributed by atoms with Crippen LogP contribution in [0.2, 0.25) is 5.02 Å². The average molecular weight is 339 g/mol. The number of nitrogens with zero attached hydrogens (tertiary/aromatic N) is 2. The van der Waals surface area contributed by atoms with Crippen molar-refractivity contribution in [3.05, 3.63) is 83.4 Å². The summed E-state index contributed by atoms with van der Waals surface area (Å²) in [6.07, 6.45) is 4.98. The molecule has 0 radical (unpaired) electrons. The second-order valence-corrected chi connectivity index (χ2v) is 5.49. The Morgan fingerprint density at radius 1 is 1.08 bits per heavy atom. The Bertz CT molecular complexity index is 839. The number of carbonyl (C=O) groups is 1. The molecule has 0 fully saturated rings. The van der Waals surface area contributed by atoms with Crippen LogP contribution >= 0.6 is 11.6 Å². The number of nitrogens with one attached hydrogen (secondary N) is 2. The van der Waals surface area contributed by atoms with Gasteiger partial charge in [0.05, 0.1) is 10.7 Å². The van der Waals surface area contributed by atoms with Gasteiger partial charge in [0.15, 0.2) is 0 Å². The SMILES string of the molecule is O=C(NCc1cccnc1)c1cc(Nc2ccccc2Cl)ccn1. The number of para-hydroxylation sites is 1. The Hall–Kier alpha value is -2.92. The lowest BCUT2D eigenvalue weighted by Gasteiger charge is -2.09. The number of carbonyl (C=O) groups excluding carboxylic acids is 1. The molecule has 5 nitrogen and oxygen atoms in total. The van der Waals surface area contributed by atoms with E-state index in [0.717, 1.165) is 16.9 Å². The van der Waals surface area contributed by atoms with Crippen LogP contribution in [0.5, 0.6) is 0 Å². The van der Waals surface area contributed by atoms with Crippen LogP contribution in [0.3, 0.4) is 0 Å². The normalized spacial score (nSPS) is 10.2. The van der Waals surface area contributed by atoms with Gasteiger partial charge in [-0.25, -0.2) is 0 Å². The molecule has 3 rings (SSSR count). The summed E-state index contributed by atoms with van der Waals surface area (Å²) < 4.78 is 0. The van der Waals surface area contributed by atoms with Crippen LogP contribution in [0.4, 0.5) is 11.4 Å². The minimum Gasteiger partial charge on any atom is -0.354 e. The predicted octanol–water partition coefficient (Wildman–Crippen LogP) is 3.80. The highest BCUT2D eigenvalue weighted by molar-refractivity contribution is 6.33. The predicted molar refractivity (Wildman–Crippen MR) is 94.4 cm³/mol.